The lowest BCUT2D eigenvalue weighted by molar-refractivity contribution is 0.0117. The Bertz CT molecular complexity index is 1060. The standard InChI is InChI=1S/C29H42ClNO3S/c1-22(2)35(33,34)20-6-8-23(3)7-5-9-25-10-15-28(24(4)21-25)31-18-16-29(32,17-19-31)26-11-13-27(30)14-12-26/h10-15,21-23,32H,5-9,16-20H2,1-4H3. The average molecular weight is 520 g/mol. The van der Waals surface area contributed by atoms with Gasteiger partial charge in [0.15, 0.2) is 9.84 Å². The minimum Gasteiger partial charge on any atom is -0.385 e. The maximum atomic E-state index is 12.0. The fourth-order valence-corrected chi connectivity index (χ4v) is 6.23. The highest BCUT2D eigenvalue weighted by molar-refractivity contribution is 7.91. The van der Waals surface area contributed by atoms with Crippen LogP contribution in [-0.2, 0) is 21.9 Å². The quantitative estimate of drug-likeness (QED) is 0.359. The Balaban J connectivity index is 1.45. The molecule has 1 unspecified atom stereocenters. The molecule has 1 N–H and O–H groups in total. The first kappa shape index (κ1) is 28.0. The summed E-state index contributed by atoms with van der Waals surface area (Å²) in [5, 5.41) is 11.6. The lowest BCUT2D eigenvalue weighted by Gasteiger charge is -2.40. The molecule has 0 aliphatic carbocycles. The van der Waals surface area contributed by atoms with Gasteiger partial charge in [-0.1, -0.05) is 49.2 Å². The smallest absolute Gasteiger partial charge is 0.152 e. The molecule has 4 nitrogen and oxygen atoms in total. The number of aryl methyl sites for hydroxylation is 2. The topological polar surface area (TPSA) is 57.6 Å². The molecule has 1 saturated heterocycles. The van der Waals surface area contributed by atoms with Crippen LogP contribution in [0.3, 0.4) is 0 Å². The van der Waals surface area contributed by atoms with Gasteiger partial charge in [-0.15, -0.1) is 0 Å². The second-order valence-corrected chi connectivity index (χ2v) is 13.8. The van der Waals surface area contributed by atoms with Crippen LogP contribution in [0.25, 0.3) is 0 Å². The van der Waals surface area contributed by atoms with Crippen LogP contribution in [0.15, 0.2) is 42.5 Å². The molecule has 0 amide bonds. The zero-order valence-electron chi connectivity index (χ0n) is 21.8. The van der Waals surface area contributed by atoms with E-state index in [1.807, 2.05) is 24.3 Å². The van der Waals surface area contributed by atoms with Crippen molar-refractivity contribution in [2.45, 2.75) is 83.5 Å². The van der Waals surface area contributed by atoms with Gasteiger partial charge in [0.05, 0.1) is 16.6 Å². The maximum Gasteiger partial charge on any atom is 0.152 e. The summed E-state index contributed by atoms with van der Waals surface area (Å²) in [6.07, 6.45) is 6.43. The van der Waals surface area contributed by atoms with Gasteiger partial charge in [-0.25, -0.2) is 8.42 Å². The first-order valence-corrected chi connectivity index (χ1v) is 15.1. The van der Waals surface area contributed by atoms with Crippen LogP contribution in [0.4, 0.5) is 5.69 Å². The third kappa shape index (κ3) is 7.71. The molecule has 0 radical (unpaired) electrons. The summed E-state index contributed by atoms with van der Waals surface area (Å²) in [5.74, 6) is 0.856. The van der Waals surface area contributed by atoms with Crippen molar-refractivity contribution in [2.75, 3.05) is 23.7 Å². The first-order chi connectivity index (χ1) is 16.5. The Morgan fingerprint density at radius 1 is 1.00 bits per heavy atom. The second kappa shape index (κ2) is 12.1. The van der Waals surface area contributed by atoms with Gasteiger partial charge < -0.3 is 10.0 Å². The summed E-state index contributed by atoms with van der Waals surface area (Å²) in [6, 6.07) is 14.3. The maximum absolute atomic E-state index is 12.0. The van der Waals surface area contributed by atoms with E-state index in [2.05, 4.69) is 36.9 Å². The van der Waals surface area contributed by atoms with Crippen molar-refractivity contribution in [1.29, 1.82) is 0 Å². The van der Waals surface area contributed by atoms with E-state index in [0.29, 0.717) is 29.5 Å². The van der Waals surface area contributed by atoms with E-state index < -0.39 is 15.4 Å². The number of nitrogens with zero attached hydrogens (tertiary/aromatic N) is 1. The predicted octanol–water partition coefficient (Wildman–Crippen LogP) is 6.70. The SMILES string of the molecule is Cc1cc(CCCC(C)CCCS(=O)(=O)C(C)C)ccc1N1CCC(O)(c2ccc(Cl)cc2)CC1. The van der Waals surface area contributed by atoms with Crippen molar-refractivity contribution in [2.24, 2.45) is 5.92 Å². The van der Waals surface area contributed by atoms with Crippen LogP contribution in [0.2, 0.25) is 5.02 Å². The monoisotopic (exact) mass is 519 g/mol. The summed E-state index contributed by atoms with van der Waals surface area (Å²) < 4.78 is 23.9. The van der Waals surface area contributed by atoms with Gasteiger partial charge in [0.25, 0.3) is 0 Å². The zero-order valence-corrected chi connectivity index (χ0v) is 23.3. The van der Waals surface area contributed by atoms with Gasteiger partial charge in [-0.2, -0.15) is 0 Å². The molecule has 0 spiro atoms. The lowest BCUT2D eigenvalue weighted by Crippen LogP contribution is -2.42. The average Bonchev–Trinajstić information content (AvgIpc) is 2.80. The van der Waals surface area contributed by atoms with Crippen LogP contribution in [0, 0.1) is 12.8 Å². The molecule has 1 heterocycles. The van der Waals surface area contributed by atoms with Gasteiger partial charge in [0, 0.05) is 23.8 Å². The summed E-state index contributed by atoms with van der Waals surface area (Å²) in [7, 11) is -2.92. The number of aliphatic hydroxyl groups is 1. The molecule has 1 aliphatic rings. The largest absolute Gasteiger partial charge is 0.385 e. The van der Waals surface area contributed by atoms with Crippen molar-refractivity contribution < 1.29 is 13.5 Å². The van der Waals surface area contributed by atoms with Gasteiger partial charge in [-0.05, 0) is 100 Å². The Labute approximate surface area is 217 Å². The predicted molar refractivity (Wildman–Crippen MR) is 148 cm³/mol. The van der Waals surface area contributed by atoms with E-state index in [9.17, 15) is 13.5 Å². The summed E-state index contributed by atoms with van der Waals surface area (Å²) >= 11 is 6.01. The number of benzene rings is 2. The van der Waals surface area contributed by atoms with E-state index in [-0.39, 0.29) is 5.25 Å². The molecule has 194 valence electrons. The highest BCUT2D eigenvalue weighted by Gasteiger charge is 2.34. The van der Waals surface area contributed by atoms with Crippen LogP contribution in [0.1, 0.15) is 76.0 Å². The second-order valence-electron chi connectivity index (χ2n) is 10.7. The summed E-state index contributed by atoms with van der Waals surface area (Å²) in [4.78, 5) is 2.39. The molecule has 2 aromatic rings. The molecule has 3 rings (SSSR count). The first-order valence-electron chi connectivity index (χ1n) is 13.0. The van der Waals surface area contributed by atoms with Crippen LogP contribution in [0.5, 0.6) is 0 Å². The molecular formula is C29H42ClNO3S. The van der Waals surface area contributed by atoms with Crippen molar-refractivity contribution in [3.8, 4) is 0 Å². The molecule has 2 aromatic carbocycles. The molecule has 0 saturated carbocycles. The number of hydrogen-bond donors (Lipinski definition) is 1. The number of rotatable bonds is 11. The Morgan fingerprint density at radius 3 is 2.23 bits per heavy atom. The molecule has 1 aliphatic heterocycles. The zero-order chi connectivity index (χ0) is 25.6. The lowest BCUT2D eigenvalue weighted by atomic mass is 9.84. The van der Waals surface area contributed by atoms with Gasteiger partial charge in [0.2, 0.25) is 0 Å². The minimum atomic E-state index is -2.92. The van der Waals surface area contributed by atoms with E-state index in [1.54, 1.807) is 13.8 Å². The third-order valence-electron chi connectivity index (χ3n) is 7.58. The van der Waals surface area contributed by atoms with E-state index >= 15 is 0 Å². The molecule has 1 atom stereocenters. The molecule has 35 heavy (non-hydrogen) atoms. The van der Waals surface area contributed by atoms with Gasteiger partial charge >= 0.3 is 0 Å². The van der Waals surface area contributed by atoms with E-state index in [0.717, 1.165) is 50.8 Å². The highest BCUT2D eigenvalue weighted by Crippen LogP contribution is 2.36. The Morgan fingerprint density at radius 2 is 1.63 bits per heavy atom. The Hall–Kier alpha value is -1.56. The van der Waals surface area contributed by atoms with Crippen LogP contribution >= 0.6 is 11.6 Å². The third-order valence-corrected chi connectivity index (χ3v) is 10.1. The molecule has 0 aromatic heterocycles. The normalized spacial score (nSPS) is 17.1. The summed E-state index contributed by atoms with van der Waals surface area (Å²) in [6.45, 7) is 9.58. The molecule has 1 fully saturated rings. The minimum absolute atomic E-state index is 0.274. The van der Waals surface area contributed by atoms with Crippen molar-refractivity contribution in [3.05, 3.63) is 64.2 Å². The fourth-order valence-electron chi connectivity index (χ4n) is 5.06. The van der Waals surface area contributed by atoms with Crippen molar-refractivity contribution in [3.63, 3.8) is 0 Å². The van der Waals surface area contributed by atoms with Crippen molar-refractivity contribution in [1.82, 2.24) is 0 Å². The van der Waals surface area contributed by atoms with Crippen LogP contribution in [-0.4, -0.2) is 37.6 Å². The molecule has 0 bridgehead atoms. The molecular weight excluding hydrogens is 478 g/mol. The number of halogens is 1. The fraction of sp³-hybridized carbons (Fsp3) is 0.586. The highest BCUT2D eigenvalue weighted by atomic mass is 35.5. The van der Waals surface area contributed by atoms with Gasteiger partial charge in [0.1, 0.15) is 0 Å². The number of piperidine rings is 1. The van der Waals surface area contributed by atoms with Crippen LogP contribution < -0.4 is 4.90 Å². The number of anilines is 1. The van der Waals surface area contributed by atoms with E-state index in [4.69, 9.17) is 11.6 Å². The molecule has 6 heteroatoms. The van der Waals surface area contributed by atoms with Crippen molar-refractivity contribution >= 4 is 27.1 Å². The van der Waals surface area contributed by atoms with E-state index in [1.165, 1.54) is 16.8 Å². The van der Waals surface area contributed by atoms with Gasteiger partial charge in [-0.3, -0.25) is 0 Å². The number of hydrogen-bond acceptors (Lipinski definition) is 4. The Kier molecular flexibility index (Phi) is 9.70. The summed E-state index contributed by atoms with van der Waals surface area (Å²) in [5.41, 5.74) is 4.06. The number of sulfone groups is 1.